The highest BCUT2D eigenvalue weighted by molar-refractivity contribution is 6.31. The van der Waals surface area contributed by atoms with E-state index in [2.05, 4.69) is 0 Å². The van der Waals surface area contributed by atoms with Gasteiger partial charge in [0.2, 0.25) is 5.91 Å². The first-order valence-corrected chi connectivity index (χ1v) is 9.96. The number of allylic oxidation sites excluding steroid dienone is 1. The number of esters is 1. The molecule has 0 spiro atoms. The molecule has 3 rings (SSSR count). The van der Waals surface area contributed by atoms with Crippen molar-refractivity contribution < 1.29 is 24.2 Å². The highest BCUT2D eigenvalue weighted by Crippen LogP contribution is 2.40. The number of carbonyl (C=O) groups is 3. The molecule has 0 fully saturated rings. The molecule has 7 heteroatoms. The van der Waals surface area contributed by atoms with Crippen molar-refractivity contribution in [3.8, 4) is 0 Å². The summed E-state index contributed by atoms with van der Waals surface area (Å²) >= 11 is 6.36. The second kappa shape index (κ2) is 9.13. The van der Waals surface area contributed by atoms with E-state index in [0.29, 0.717) is 21.9 Å². The van der Waals surface area contributed by atoms with E-state index in [1.54, 1.807) is 38.1 Å². The maximum Gasteiger partial charge on any atom is 0.336 e. The minimum Gasteiger partial charge on any atom is -0.478 e. The molecule has 2 aromatic carbocycles. The molecule has 2 aromatic rings. The van der Waals surface area contributed by atoms with Crippen LogP contribution in [-0.2, 0) is 20.9 Å². The summed E-state index contributed by atoms with van der Waals surface area (Å²) in [6.45, 7) is 3.89. The van der Waals surface area contributed by atoms with Crippen LogP contribution in [0.3, 0.4) is 0 Å². The molecular formula is C23H22ClNO5. The number of carbonyl (C=O) groups excluding carboxylic acids is 2. The molecule has 1 aliphatic rings. The molecule has 156 valence electrons. The highest BCUT2D eigenvalue weighted by atomic mass is 35.5. The first kappa shape index (κ1) is 21.6. The van der Waals surface area contributed by atoms with E-state index in [9.17, 15) is 14.4 Å². The largest absolute Gasteiger partial charge is 0.478 e. The Bertz CT molecular complexity index is 1010. The average Bonchev–Trinajstić information content (AvgIpc) is 2.71. The van der Waals surface area contributed by atoms with E-state index in [1.165, 1.54) is 17.0 Å². The molecule has 1 atom stereocenters. The third-order valence-electron chi connectivity index (χ3n) is 5.14. The number of hydrogen-bond acceptors (Lipinski definition) is 4. The lowest BCUT2D eigenvalue weighted by Gasteiger charge is -2.34. The Labute approximate surface area is 179 Å². The molecular weight excluding hydrogens is 406 g/mol. The highest BCUT2D eigenvalue weighted by Gasteiger charge is 2.37. The van der Waals surface area contributed by atoms with E-state index in [-0.39, 0.29) is 31.0 Å². The van der Waals surface area contributed by atoms with Gasteiger partial charge in [-0.05, 0) is 43.2 Å². The van der Waals surface area contributed by atoms with Gasteiger partial charge in [0, 0.05) is 23.1 Å². The Morgan fingerprint density at radius 2 is 1.83 bits per heavy atom. The minimum atomic E-state index is -1.01. The summed E-state index contributed by atoms with van der Waals surface area (Å²) < 4.78 is 5.28. The maximum atomic E-state index is 13.0. The summed E-state index contributed by atoms with van der Waals surface area (Å²) in [5.74, 6) is -2.12. The second-order valence-electron chi connectivity index (χ2n) is 6.98. The Kier molecular flexibility index (Phi) is 6.57. The molecule has 0 aliphatic carbocycles. The van der Waals surface area contributed by atoms with Gasteiger partial charge >= 0.3 is 11.9 Å². The van der Waals surface area contributed by atoms with Crippen molar-refractivity contribution in [3.05, 3.63) is 81.5 Å². The van der Waals surface area contributed by atoms with Crippen molar-refractivity contribution in [3.63, 3.8) is 0 Å². The molecule has 6 nitrogen and oxygen atoms in total. The maximum absolute atomic E-state index is 13.0. The molecule has 1 N–H and O–H groups in total. The molecule has 1 unspecified atom stereocenters. The topological polar surface area (TPSA) is 83.9 Å². The van der Waals surface area contributed by atoms with E-state index in [0.717, 1.165) is 5.56 Å². The zero-order chi connectivity index (χ0) is 21.8. The van der Waals surface area contributed by atoms with Gasteiger partial charge in [-0.1, -0.05) is 41.9 Å². The number of ether oxygens (including phenoxy) is 1. The van der Waals surface area contributed by atoms with Crippen LogP contribution in [0.5, 0.6) is 0 Å². The van der Waals surface area contributed by atoms with Crippen molar-refractivity contribution >= 4 is 29.4 Å². The third kappa shape index (κ3) is 4.39. The van der Waals surface area contributed by atoms with Gasteiger partial charge in [-0.2, -0.15) is 0 Å². The summed E-state index contributed by atoms with van der Waals surface area (Å²) in [6.07, 6.45) is 0.0857. The van der Waals surface area contributed by atoms with Crippen LogP contribution >= 0.6 is 11.6 Å². The first-order chi connectivity index (χ1) is 14.3. The van der Waals surface area contributed by atoms with Gasteiger partial charge in [-0.15, -0.1) is 0 Å². The number of benzene rings is 2. The molecule has 1 aliphatic heterocycles. The van der Waals surface area contributed by atoms with Crippen LogP contribution < -0.4 is 0 Å². The number of rotatable bonds is 6. The fraction of sp³-hybridized carbons (Fsp3) is 0.261. The van der Waals surface area contributed by atoms with Gasteiger partial charge in [-0.25, -0.2) is 9.59 Å². The standard InChI is InChI=1S/C23H22ClNO5/c1-3-30-23(29)21-14(2)25(13-15-8-10-16(11-9-15)22(27)28)20(26)12-18(21)17-6-4-5-7-19(17)24/h4-11,18H,3,12-13H2,1-2H3,(H,27,28). The number of amides is 1. The molecule has 0 saturated carbocycles. The lowest BCUT2D eigenvalue weighted by atomic mass is 9.83. The van der Waals surface area contributed by atoms with Crippen molar-refractivity contribution in [2.75, 3.05) is 6.61 Å². The SMILES string of the molecule is CCOC(=O)C1=C(C)N(Cc2ccc(C(=O)O)cc2)C(=O)CC1c1ccccc1Cl. The van der Waals surface area contributed by atoms with Crippen LogP contribution in [0.1, 0.15) is 47.7 Å². The number of halogens is 1. The molecule has 0 bridgehead atoms. The van der Waals surface area contributed by atoms with Gasteiger partial charge in [0.25, 0.3) is 0 Å². The average molecular weight is 428 g/mol. The predicted molar refractivity (Wildman–Crippen MR) is 112 cm³/mol. The summed E-state index contributed by atoms with van der Waals surface area (Å²) in [5, 5.41) is 9.54. The monoisotopic (exact) mass is 427 g/mol. The van der Waals surface area contributed by atoms with E-state index in [1.807, 2.05) is 12.1 Å². The summed E-state index contributed by atoms with van der Waals surface area (Å²) in [4.78, 5) is 38.4. The lowest BCUT2D eigenvalue weighted by molar-refractivity contribution is -0.140. The van der Waals surface area contributed by atoms with Crippen molar-refractivity contribution in [2.45, 2.75) is 32.7 Å². The molecule has 0 radical (unpaired) electrons. The van der Waals surface area contributed by atoms with Gasteiger partial charge < -0.3 is 14.7 Å². The van der Waals surface area contributed by atoms with Crippen molar-refractivity contribution in [1.82, 2.24) is 4.90 Å². The van der Waals surface area contributed by atoms with Crippen LogP contribution in [0.2, 0.25) is 5.02 Å². The number of nitrogens with zero attached hydrogens (tertiary/aromatic N) is 1. The summed E-state index contributed by atoms with van der Waals surface area (Å²) in [5.41, 5.74) is 2.55. The fourth-order valence-electron chi connectivity index (χ4n) is 3.64. The Morgan fingerprint density at radius 1 is 1.17 bits per heavy atom. The first-order valence-electron chi connectivity index (χ1n) is 9.58. The fourth-order valence-corrected chi connectivity index (χ4v) is 3.90. The Balaban J connectivity index is 2.00. The van der Waals surface area contributed by atoms with E-state index >= 15 is 0 Å². The number of carboxylic acids is 1. The molecule has 0 saturated heterocycles. The zero-order valence-corrected chi connectivity index (χ0v) is 17.5. The summed E-state index contributed by atoms with van der Waals surface area (Å²) in [7, 11) is 0. The lowest BCUT2D eigenvalue weighted by Crippen LogP contribution is -2.38. The normalized spacial score (nSPS) is 16.6. The molecule has 0 aromatic heterocycles. The zero-order valence-electron chi connectivity index (χ0n) is 16.7. The van der Waals surface area contributed by atoms with Gasteiger partial charge in [-0.3, -0.25) is 4.79 Å². The number of hydrogen-bond donors (Lipinski definition) is 1. The second-order valence-corrected chi connectivity index (χ2v) is 7.39. The minimum absolute atomic E-state index is 0.0857. The van der Waals surface area contributed by atoms with Crippen molar-refractivity contribution in [1.29, 1.82) is 0 Å². The van der Waals surface area contributed by atoms with E-state index < -0.39 is 17.9 Å². The molecule has 1 heterocycles. The Hall–Kier alpha value is -3.12. The van der Waals surface area contributed by atoms with Gasteiger partial charge in [0.05, 0.1) is 24.3 Å². The van der Waals surface area contributed by atoms with Gasteiger partial charge in [0.15, 0.2) is 0 Å². The Morgan fingerprint density at radius 3 is 2.43 bits per heavy atom. The molecule has 1 amide bonds. The van der Waals surface area contributed by atoms with Crippen LogP contribution in [0.4, 0.5) is 0 Å². The smallest absolute Gasteiger partial charge is 0.336 e. The third-order valence-corrected chi connectivity index (χ3v) is 5.48. The number of carboxylic acid groups (broad SMARTS) is 1. The van der Waals surface area contributed by atoms with E-state index in [4.69, 9.17) is 21.4 Å². The molecule has 30 heavy (non-hydrogen) atoms. The van der Waals surface area contributed by atoms with Gasteiger partial charge in [0.1, 0.15) is 0 Å². The van der Waals surface area contributed by atoms with Crippen LogP contribution in [-0.4, -0.2) is 34.5 Å². The summed E-state index contributed by atoms with van der Waals surface area (Å²) in [6, 6.07) is 13.5. The quantitative estimate of drug-likeness (QED) is 0.691. The van der Waals surface area contributed by atoms with Crippen LogP contribution in [0.15, 0.2) is 59.8 Å². The predicted octanol–water partition coefficient (Wildman–Crippen LogP) is 4.39. The van der Waals surface area contributed by atoms with Crippen molar-refractivity contribution in [2.24, 2.45) is 0 Å². The number of aromatic carboxylic acids is 1. The van der Waals surface area contributed by atoms with Crippen LogP contribution in [0.25, 0.3) is 0 Å². The van der Waals surface area contributed by atoms with Crippen LogP contribution in [0, 0.1) is 0 Å².